The van der Waals surface area contributed by atoms with E-state index in [0.29, 0.717) is 17.0 Å². The van der Waals surface area contributed by atoms with E-state index in [0.717, 1.165) is 5.56 Å². The van der Waals surface area contributed by atoms with Crippen molar-refractivity contribution in [2.75, 3.05) is 6.54 Å². The van der Waals surface area contributed by atoms with Gasteiger partial charge in [0, 0.05) is 17.1 Å². The van der Waals surface area contributed by atoms with Gasteiger partial charge in [0.05, 0.1) is 4.90 Å². The normalized spacial score (nSPS) is 11.4. The summed E-state index contributed by atoms with van der Waals surface area (Å²) < 4.78 is 26.9. The highest BCUT2D eigenvalue weighted by atomic mass is 35.5. The Hall–Kier alpha value is -1.69. The molecule has 0 aliphatic heterocycles. The zero-order chi connectivity index (χ0) is 16.2. The average Bonchev–Trinajstić information content (AvgIpc) is 2.49. The van der Waals surface area contributed by atoms with Crippen LogP contribution in [0, 0.1) is 0 Å². The summed E-state index contributed by atoms with van der Waals surface area (Å²) in [5.74, 6) is -0.168. The zero-order valence-electron chi connectivity index (χ0n) is 12.0. The molecule has 0 heterocycles. The smallest absolute Gasteiger partial charge is 0.240 e. The van der Waals surface area contributed by atoms with E-state index < -0.39 is 10.0 Å². The Balaban J connectivity index is 2.03. The largest absolute Gasteiger partial charge is 0.295 e. The van der Waals surface area contributed by atoms with Gasteiger partial charge in [-0.15, -0.1) is 0 Å². The third-order valence-corrected chi connectivity index (χ3v) is 4.88. The van der Waals surface area contributed by atoms with Crippen molar-refractivity contribution in [1.82, 2.24) is 4.72 Å². The summed E-state index contributed by atoms with van der Waals surface area (Å²) in [6.45, 7) is 1.67. The highest BCUT2D eigenvalue weighted by Gasteiger charge is 2.14. The lowest BCUT2D eigenvalue weighted by Crippen LogP contribution is -2.26. The fraction of sp³-hybridized carbons (Fsp3) is 0.188. The fourth-order valence-electron chi connectivity index (χ4n) is 1.95. The molecule has 0 aliphatic carbocycles. The molecule has 0 aromatic heterocycles. The second kappa shape index (κ2) is 7.05. The molecule has 22 heavy (non-hydrogen) atoms. The predicted molar refractivity (Wildman–Crippen MR) is 86.8 cm³/mol. The molecule has 0 bridgehead atoms. The summed E-state index contributed by atoms with van der Waals surface area (Å²) in [5, 5.41) is 0.644. The molecule has 0 aliphatic rings. The molecule has 0 amide bonds. The van der Waals surface area contributed by atoms with E-state index in [-0.39, 0.29) is 17.2 Å². The number of nitrogens with one attached hydrogen (secondary N) is 1. The highest BCUT2D eigenvalue weighted by Crippen LogP contribution is 2.13. The molecule has 0 spiro atoms. The molecule has 4 nitrogen and oxygen atoms in total. The fourth-order valence-corrected chi connectivity index (χ4v) is 3.15. The number of benzene rings is 2. The van der Waals surface area contributed by atoms with Gasteiger partial charge in [0.15, 0.2) is 5.78 Å². The van der Waals surface area contributed by atoms with E-state index in [1.54, 1.807) is 24.3 Å². The van der Waals surface area contributed by atoms with Crippen LogP contribution < -0.4 is 4.72 Å². The van der Waals surface area contributed by atoms with Gasteiger partial charge in [-0.3, -0.25) is 4.79 Å². The van der Waals surface area contributed by atoms with E-state index in [1.165, 1.54) is 19.1 Å². The van der Waals surface area contributed by atoms with Gasteiger partial charge >= 0.3 is 0 Å². The Bertz CT molecular complexity index is 770. The van der Waals surface area contributed by atoms with Crippen LogP contribution >= 0.6 is 11.6 Å². The van der Waals surface area contributed by atoms with Gasteiger partial charge in [-0.1, -0.05) is 35.9 Å². The van der Waals surface area contributed by atoms with Crippen molar-refractivity contribution in [1.29, 1.82) is 0 Å². The molecule has 0 fully saturated rings. The lowest BCUT2D eigenvalue weighted by atomic mass is 10.2. The van der Waals surface area contributed by atoms with Gasteiger partial charge in [0.25, 0.3) is 0 Å². The van der Waals surface area contributed by atoms with Gasteiger partial charge in [0.2, 0.25) is 10.0 Å². The molecule has 1 N–H and O–H groups in total. The number of carbonyl (C=O) groups is 1. The average molecular weight is 338 g/mol. The van der Waals surface area contributed by atoms with Crippen molar-refractivity contribution in [2.45, 2.75) is 18.2 Å². The molecule has 0 unspecified atom stereocenters. The second-order valence-corrected chi connectivity index (χ2v) is 7.06. The Morgan fingerprint density at radius 2 is 1.82 bits per heavy atom. The van der Waals surface area contributed by atoms with Crippen LogP contribution in [0.2, 0.25) is 5.02 Å². The Labute approximate surface area is 135 Å². The highest BCUT2D eigenvalue weighted by molar-refractivity contribution is 7.89. The number of carbonyl (C=O) groups excluding carboxylic acids is 1. The van der Waals surface area contributed by atoms with Crippen LogP contribution in [0.15, 0.2) is 53.4 Å². The minimum Gasteiger partial charge on any atom is -0.295 e. The van der Waals surface area contributed by atoms with Crippen molar-refractivity contribution < 1.29 is 13.2 Å². The summed E-state index contributed by atoms with van der Waals surface area (Å²) in [6, 6.07) is 13.2. The van der Waals surface area contributed by atoms with Crippen molar-refractivity contribution in [3.63, 3.8) is 0 Å². The van der Waals surface area contributed by atoms with Crippen molar-refractivity contribution in [2.24, 2.45) is 0 Å². The zero-order valence-corrected chi connectivity index (χ0v) is 13.6. The molecule has 2 aromatic rings. The lowest BCUT2D eigenvalue weighted by molar-refractivity contribution is 0.101. The topological polar surface area (TPSA) is 63.2 Å². The maximum Gasteiger partial charge on any atom is 0.240 e. The summed E-state index contributed by atoms with van der Waals surface area (Å²) >= 11 is 5.80. The Morgan fingerprint density at radius 3 is 2.45 bits per heavy atom. The first-order chi connectivity index (χ1) is 10.4. The van der Waals surface area contributed by atoms with Crippen LogP contribution in [0.4, 0.5) is 0 Å². The quantitative estimate of drug-likeness (QED) is 0.824. The van der Waals surface area contributed by atoms with Crippen LogP contribution in [0.1, 0.15) is 22.8 Å². The molecule has 2 rings (SSSR count). The molecule has 0 saturated heterocycles. The van der Waals surface area contributed by atoms with Crippen molar-refractivity contribution in [3.05, 3.63) is 64.7 Å². The maximum atomic E-state index is 12.2. The molecule has 116 valence electrons. The molecular weight excluding hydrogens is 322 g/mol. The summed E-state index contributed by atoms with van der Waals surface area (Å²) in [5.41, 5.74) is 1.37. The number of rotatable bonds is 6. The third kappa shape index (κ3) is 4.40. The van der Waals surface area contributed by atoms with E-state index >= 15 is 0 Å². The Kier molecular flexibility index (Phi) is 5.34. The second-order valence-electron chi connectivity index (χ2n) is 4.86. The first-order valence-electron chi connectivity index (χ1n) is 6.73. The van der Waals surface area contributed by atoms with Gasteiger partial charge in [-0.2, -0.15) is 0 Å². The molecule has 2 aromatic carbocycles. The van der Waals surface area contributed by atoms with Gasteiger partial charge in [-0.05, 0) is 43.2 Å². The summed E-state index contributed by atoms with van der Waals surface area (Å²) in [6.07, 6.45) is 0.558. The molecule has 0 atom stereocenters. The predicted octanol–water partition coefficient (Wildman–Crippen LogP) is 3.06. The number of Topliss-reactive ketones (excluding diaryl/α,β-unsaturated/α-hetero) is 1. The number of sulfonamides is 1. The van der Waals surface area contributed by atoms with Crippen molar-refractivity contribution >= 4 is 27.4 Å². The molecular formula is C16H16ClNO3S. The summed E-state index contributed by atoms with van der Waals surface area (Å²) in [7, 11) is -3.62. The maximum absolute atomic E-state index is 12.2. The molecule has 6 heteroatoms. The van der Waals surface area contributed by atoms with E-state index in [2.05, 4.69) is 4.72 Å². The Morgan fingerprint density at radius 1 is 1.14 bits per heavy atom. The van der Waals surface area contributed by atoms with Crippen LogP contribution in [0.25, 0.3) is 0 Å². The van der Waals surface area contributed by atoms with Gasteiger partial charge in [0.1, 0.15) is 0 Å². The van der Waals surface area contributed by atoms with E-state index in [9.17, 15) is 13.2 Å². The number of hydrogen-bond acceptors (Lipinski definition) is 3. The minimum absolute atomic E-state index is 0.0938. The first-order valence-corrected chi connectivity index (χ1v) is 8.60. The van der Waals surface area contributed by atoms with Crippen LogP contribution in [0.5, 0.6) is 0 Å². The van der Waals surface area contributed by atoms with Crippen LogP contribution in [-0.4, -0.2) is 20.7 Å². The van der Waals surface area contributed by atoms with Crippen LogP contribution in [0.3, 0.4) is 0 Å². The number of halogens is 1. The van der Waals surface area contributed by atoms with Gasteiger partial charge in [-0.25, -0.2) is 13.1 Å². The summed E-state index contributed by atoms with van der Waals surface area (Å²) in [4.78, 5) is 11.4. The van der Waals surface area contributed by atoms with Crippen molar-refractivity contribution in [3.8, 4) is 0 Å². The first kappa shape index (κ1) is 16.7. The number of hydrogen-bond donors (Lipinski definition) is 1. The SMILES string of the molecule is CC(=O)c1cccc(S(=O)(=O)NCCc2ccc(Cl)cc2)c1. The van der Waals surface area contributed by atoms with E-state index in [1.807, 2.05) is 12.1 Å². The lowest BCUT2D eigenvalue weighted by Gasteiger charge is -2.08. The third-order valence-electron chi connectivity index (χ3n) is 3.17. The van der Waals surface area contributed by atoms with Gasteiger partial charge < -0.3 is 0 Å². The monoisotopic (exact) mass is 337 g/mol. The number of ketones is 1. The molecule has 0 saturated carbocycles. The standard InChI is InChI=1S/C16H16ClNO3S/c1-12(19)14-3-2-4-16(11-14)22(20,21)18-10-9-13-5-7-15(17)8-6-13/h2-8,11,18H,9-10H2,1H3. The van der Waals surface area contributed by atoms with E-state index in [4.69, 9.17) is 11.6 Å². The van der Waals surface area contributed by atoms with Crippen LogP contribution in [-0.2, 0) is 16.4 Å². The minimum atomic E-state index is -3.62. The molecule has 0 radical (unpaired) electrons.